The van der Waals surface area contributed by atoms with E-state index in [0.29, 0.717) is 63.8 Å². The van der Waals surface area contributed by atoms with Crippen molar-refractivity contribution in [2.24, 2.45) is 5.41 Å². The summed E-state index contributed by atoms with van der Waals surface area (Å²) in [7, 11) is 0. The van der Waals surface area contributed by atoms with Crippen LogP contribution in [-0.2, 0) is 63.8 Å². The summed E-state index contributed by atoms with van der Waals surface area (Å²) in [6, 6.07) is 37.3. The molecule has 2 heterocycles. The zero-order chi connectivity index (χ0) is 61.5. The molecule has 1 aromatic heterocycles. The smallest absolute Gasteiger partial charge is 0.417 e. The molecule has 5 aromatic carbocycles. The summed E-state index contributed by atoms with van der Waals surface area (Å²) < 4.78 is 70.0. The molecule has 3 unspecified atom stereocenters. The van der Waals surface area contributed by atoms with Crippen molar-refractivity contribution < 1.29 is 61.1 Å². The van der Waals surface area contributed by atoms with E-state index in [1.54, 1.807) is 22.9 Å². The average Bonchev–Trinajstić information content (AvgIpc) is 2.57. The van der Waals surface area contributed by atoms with Crippen LogP contribution in [-0.4, -0.2) is 147 Å². The van der Waals surface area contributed by atoms with Gasteiger partial charge in [0.25, 0.3) is 0 Å². The normalized spacial score (nSPS) is 14.8. The van der Waals surface area contributed by atoms with Crippen LogP contribution in [0.3, 0.4) is 0 Å². The van der Waals surface area contributed by atoms with Crippen molar-refractivity contribution in [3.8, 4) is 16.2 Å². The van der Waals surface area contributed by atoms with Crippen molar-refractivity contribution >= 4 is 46.6 Å². The average molecular weight is 1230 g/mol. The van der Waals surface area contributed by atoms with Crippen molar-refractivity contribution in [3.63, 3.8) is 0 Å². The molecule has 1 fully saturated rings. The Morgan fingerprint density at radius 1 is 0.767 bits per heavy atom. The van der Waals surface area contributed by atoms with E-state index in [0.717, 1.165) is 44.5 Å². The number of ether oxygens (including phenoxy) is 5. The second-order valence-corrected chi connectivity index (χ2v) is 23.3. The number of aliphatic hydroxyl groups is 1. The highest BCUT2D eigenvalue weighted by Gasteiger charge is 2.44. The maximum Gasteiger partial charge on any atom is 0.417 e. The highest BCUT2D eigenvalue weighted by Crippen LogP contribution is 2.37. The summed E-state index contributed by atoms with van der Waals surface area (Å²) >= 11 is 7.96. The molecule has 1 saturated heterocycles. The molecule has 462 valence electrons. The molecule has 4 N–H and O–H groups in total. The van der Waals surface area contributed by atoms with Crippen LogP contribution in [0.5, 0.6) is 5.75 Å². The molecule has 0 radical (unpaired) electrons. The summed E-state index contributed by atoms with van der Waals surface area (Å²) in [6.07, 6.45) is -4.70. The minimum absolute atomic E-state index is 0.0380. The zero-order valence-corrected chi connectivity index (χ0v) is 50.7. The van der Waals surface area contributed by atoms with Gasteiger partial charge in [-0.2, -0.15) is 13.2 Å². The van der Waals surface area contributed by atoms with Crippen LogP contribution in [0.25, 0.3) is 10.4 Å². The van der Waals surface area contributed by atoms with Crippen molar-refractivity contribution in [2.75, 3.05) is 85.6 Å². The van der Waals surface area contributed by atoms with Gasteiger partial charge in [-0.3, -0.25) is 24.1 Å². The first-order valence-electron chi connectivity index (χ1n) is 28.8. The van der Waals surface area contributed by atoms with E-state index in [9.17, 15) is 37.5 Å². The lowest BCUT2D eigenvalue weighted by Crippen LogP contribution is -2.58. The summed E-state index contributed by atoms with van der Waals surface area (Å²) in [5.41, 5.74) is 6.40. The third kappa shape index (κ3) is 21.0. The molecule has 21 heteroatoms. The number of amides is 4. The van der Waals surface area contributed by atoms with Crippen LogP contribution in [0.1, 0.15) is 78.6 Å². The maximum absolute atomic E-state index is 14.0. The number of alkyl halides is 3. The van der Waals surface area contributed by atoms with Crippen LogP contribution in [0.15, 0.2) is 133 Å². The lowest BCUT2D eigenvalue weighted by molar-refractivity contribution is -0.144. The number of nitrogens with one attached hydrogen (secondary N) is 3. The van der Waals surface area contributed by atoms with Gasteiger partial charge in [0, 0.05) is 51.6 Å². The van der Waals surface area contributed by atoms with E-state index in [-0.39, 0.29) is 82.4 Å². The topological polar surface area (TPSA) is 190 Å². The fourth-order valence-electron chi connectivity index (χ4n) is 9.97. The molecule has 3 atom stereocenters. The van der Waals surface area contributed by atoms with E-state index >= 15 is 0 Å². The van der Waals surface area contributed by atoms with Crippen LogP contribution < -0.4 is 20.7 Å². The summed E-state index contributed by atoms with van der Waals surface area (Å²) in [6.45, 7) is 10.9. The Bertz CT molecular complexity index is 3040. The molecule has 6 aromatic rings. The predicted octanol–water partition coefficient (Wildman–Crippen LogP) is 9.43. The standard InChI is InChI=1S/C65H78ClF3N6O10S/c1-45-60(86-44-72-45)50-24-22-46(23-25-50)39-71-62(79)56-38-52(76)41-75(56)63(80)61(64(2,3)4)73-58(78)43-84-35-34-83-33-32-82-31-30-81-29-26-70-57(77)37-47-14-11-20-53(36-47)85-28-13-27-74(40-51-19-12-21-55(59(51)66)65(67,68)69)42-54(48-15-7-5-8-16-48)49-17-9-6-10-18-49/h5-12,14-25,36,44,52,54,56,61,76H,13,26-35,37-43H2,1-4H3,(H,70,77)(H,71,79)(H,73,78). The fraction of sp³-hybridized carbons (Fsp3) is 0.431. The lowest BCUT2D eigenvalue weighted by Gasteiger charge is -2.35. The van der Waals surface area contributed by atoms with E-state index in [1.807, 2.05) is 113 Å². The molecule has 1 aliphatic heterocycles. The van der Waals surface area contributed by atoms with Gasteiger partial charge >= 0.3 is 6.18 Å². The monoisotopic (exact) mass is 1230 g/mol. The number of halogens is 4. The van der Waals surface area contributed by atoms with Crippen molar-refractivity contribution in [1.82, 2.24) is 30.7 Å². The Kier molecular flexibility index (Phi) is 25.9. The number of hydrogen-bond donors (Lipinski definition) is 4. The molecule has 86 heavy (non-hydrogen) atoms. The Morgan fingerprint density at radius 2 is 1.41 bits per heavy atom. The van der Waals surface area contributed by atoms with Crippen LogP contribution in [0, 0.1) is 12.3 Å². The fourth-order valence-corrected chi connectivity index (χ4v) is 11.1. The van der Waals surface area contributed by atoms with Crippen LogP contribution >= 0.6 is 22.9 Å². The molecular formula is C65H78ClF3N6O10S. The third-order valence-corrected chi connectivity index (χ3v) is 15.8. The number of likely N-dealkylation sites (tertiary alicyclic amines) is 1. The predicted molar refractivity (Wildman–Crippen MR) is 325 cm³/mol. The van der Waals surface area contributed by atoms with Gasteiger partial charge in [0.15, 0.2) is 0 Å². The first kappa shape index (κ1) is 66.8. The van der Waals surface area contributed by atoms with E-state index in [2.05, 4.69) is 50.1 Å². The Hall–Kier alpha value is -6.75. The number of aromatic nitrogens is 1. The molecule has 7 rings (SSSR count). The van der Waals surface area contributed by atoms with Gasteiger partial charge in [-0.05, 0) is 70.3 Å². The Morgan fingerprint density at radius 3 is 2.03 bits per heavy atom. The molecule has 4 amide bonds. The third-order valence-electron chi connectivity index (χ3n) is 14.4. The molecule has 0 spiro atoms. The molecular weight excluding hydrogens is 1150 g/mol. The number of thiazole rings is 1. The number of aliphatic hydroxyl groups excluding tert-OH is 1. The van der Waals surface area contributed by atoms with Crippen molar-refractivity contribution in [3.05, 3.63) is 177 Å². The Labute approximate surface area is 510 Å². The Balaban J connectivity index is 0.731. The number of β-amino-alcohol motifs (C(OH)–C–C–N with tert-alkyl or cyclic N) is 1. The van der Waals surface area contributed by atoms with Gasteiger partial charge in [0.2, 0.25) is 23.6 Å². The van der Waals surface area contributed by atoms with Gasteiger partial charge in [0.1, 0.15) is 24.4 Å². The second kappa shape index (κ2) is 33.4. The SMILES string of the molecule is Cc1ncsc1-c1ccc(CNC(=O)C2CC(O)CN2C(=O)C(NC(=O)COCCOCCOCCOCCNC(=O)Cc2cccc(OCCCN(Cc3cccc(C(F)(F)F)c3Cl)CC(c3ccccc3)c3ccccc3)c2)C(C)(C)C)cc1. The minimum Gasteiger partial charge on any atom is -0.494 e. The van der Waals surface area contributed by atoms with Gasteiger partial charge in [-0.1, -0.05) is 142 Å². The molecule has 16 nitrogen and oxygen atoms in total. The van der Waals surface area contributed by atoms with E-state index in [1.165, 1.54) is 11.0 Å². The number of rotatable bonds is 33. The number of nitrogens with zero attached hydrogens (tertiary/aromatic N) is 3. The van der Waals surface area contributed by atoms with Crippen LogP contribution in [0.4, 0.5) is 13.2 Å². The van der Waals surface area contributed by atoms with Gasteiger partial charge in [0.05, 0.1) is 92.0 Å². The molecule has 0 bridgehead atoms. The number of hydrogen-bond acceptors (Lipinski definition) is 13. The largest absolute Gasteiger partial charge is 0.494 e. The number of carbonyl (C=O) groups excluding carboxylic acids is 4. The number of aryl methyl sites for hydroxylation is 1. The summed E-state index contributed by atoms with van der Waals surface area (Å²) in [4.78, 5) is 62.1. The highest BCUT2D eigenvalue weighted by atomic mass is 35.5. The van der Waals surface area contributed by atoms with Gasteiger partial charge < -0.3 is 49.6 Å². The number of benzene rings is 5. The van der Waals surface area contributed by atoms with E-state index in [4.69, 9.17) is 35.3 Å². The molecule has 1 aliphatic rings. The first-order valence-corrected chi connectivity index (χ1v) is 30.1. The van der Waals surface area contributed by atoms with E-state index < -0.39 is 53.1 Å². The van der Waals surface area contributed by atoms with Gasteiger partial charge in [-0.25, -0.2) is 4.98 Å². The number of carbonyl (C=O) groups is 4. The molecule has 0 aliphatic carbocycles. The second-order valence-electron chi connectivity index (χ2n) is 22.1. The summed E-state index contributed by atoms with van der Waals surface area (Å²) in [5, 5.41) is 18.8. The van der Waals surface area contributed by atoms with Crippen molar-refractivity contribution in [1.29, 1.82) is 0 Å². The van der Waals surface area contributed by atoms with Gasteiger partial charge in [-0.15, -0.1) is 11.3 Å². The molecule has 0 saturated carbocycles. The zero-order valence-electron chi connectivity index (χ0n) is 49.1. The highest BCUT2D eigenvalue weighted by molar-refractivity contribution is 7.13. The quantitative estimate of drug-likeness (QED) is 0.0286. The first-order chi connectivity index (χ1) is 41.3. The van der Waals surface area contributed by atoms with Crippen molar-refractivity contribution in [2.45, 2.75) is 90.3 Å². The summed E-state index contributed by atoms with van der Waals surface area (Å²) in [5.74, 6) is -1.02. The lowest BCUT2D eigenvalue weighted by atomic mass is 9.85. The minimum atomic E-state index is -4.58. The maximum atomic E-state index is 14.0. The van der Waals surface area contributed by atoms with Crippen LogP contribution in [0.2, 0.25) is 5.02 Å².